The second-order valence-corrected chi connectivity index (χ2v) is 7.81. The highest BCUT2D eigenvalue weighted by molar-refractivity contribution is 6.05. The number of amides is 1. The van der Waals surface area contributed by atoms with E-state index in [0.29, 0.717) is 17.7 Å². The highest BCUT2D eigenvalue weighted by atomic mass is 16.6. The van der Waals surface area contributed by atoms with Gasteiger partial charge in [-0.2, -0.15) is 0 Å². The maximum atomic E-state index is 12.8. The van der Waals surface area contributed by atoms with E-state index in [0.717, 1.165) is 17.2 Å². The molecule has 2 aromatic rings. The summed E-state index contributed by atoms with van der Waals surface area (Å²) in [5.41, 5.74) is 1.91. The Morgan fingerprint density at radius 2 is 1.80 bits per heavy atom. The van der Waals surface area contributed by atoms with E-state index >= 15 is 0 Å². The summed E-state index contributed by atoms with van der Waals surface area (Å²) in [6, 6.07) is 12.2. The van der Waals surface area contributed by atoms with E-state index in [1.165, 1.54) is 0 Å². The molecule has 0 unspecified atom stereocenters. The molecule has 0 atom stereocenters. The van der Waals surface area contributed by atoms with Gasteiger partial charge in [0.25, 0.3) is 5.91 Å². The van der Waals surface area contributed by atoms with Crippen LogP contribution in [0.1, 0.15) is 48.7 Å². The molecule has 1 amide bonds. The minimum absolute atomic E-state index is 0.224. The van der Waals surface area contributed by atoms with Gasteiger partial charge in [0.2, 0.25) is 0 Å². The van der Waals surface area contributed by atoms with Gasteiger partial charge >= 0.3 is 11.9 Å². The molecule has 0 aliphatic carbocycles. The first-order valence-corrected chi connectivity index (χ1v) is 9.65. The molecule has 0 radical (unpaired) electrons. The number of para-hydroxylation sites is 1. The standard InChI is InChI=1S/C24H27NO5/c1-6-20(26)29-19-12-7-9-16(2)22(19)25-23(28)18-11-8-10-17(15-18)13-14-21(27)30-24(3,4)5/h6-12,15H,1,13-14H2,2-5H3,(H,25,28). The van der Waals surface area contributed by atoms with Crippen molar-refractivity contribution < 1.29 is 23.9 Å². The Morgan fingerprint density at radius 1 is 1.10 bits per heavy atom. The first-order chi connectivity index (χ1) is 14.1. The van der Waals surface area contributed by atoms with Crippen LogP contribution in [0, 0.1) is 6.92 Å². The number of aryl methyl sites for hydroxylation is 2. The lowest BCUT2D eigenvalue weighted by molar-refractivity contribution is -0.154. The number of rotatable bonds is 7. The van der Waals surface area contributed by atoms with Crippen LogP contribution in [0.15, 0.2) is 55.1 Å². The largest absolute Gasteiger partial charge is 0.460 e. The third-order valence-electron chi connectivity index (χ3n) is 4.08. The fourth-order valence-electron chi connectivity index (χ4n) is 2.73. The summed E-state index contributed by atoms with van der Waals surface area (Å²) in [6.07, 6.45) is 1.74. The molecule has 0 bridgehead atoms. The van der Waals surface area contributed by atoms with Crippen molar-refractivity contribution in [3.63, 3.8) is 0 Å². The first kappa shape index (κ1) is 22.9. The van der Waals surface area contributed by atoms with E-state index in [1.807, 2.05) is 26.8 Å². The maximum absolute atomic E-state index is 12.8. The van der Waals surface area contributed by atoms with Crippen LogP contribution >= 0.6 is 0 Å². The monoisotopic (exact) mass is 409 g/mol. The summed E-state index contributed by atoms with van der Waals surface area (Å²) in [7, 11) is 0. The summed E-state index contributed by atoms with van der Waals surface area (Å²) < 4.78 is 10.5. The molecule has 6 nitrogen and oxygen atoms in total. The lowest BCUT2D eigenvalue weighted by Gasteiger charge is -2.19. The molecular formula is C24H27NO5. The molecule has 0 aliphatic rings. The van der Waals surface area contributed by atoms with Gasteiger partial charge in [0.1, 0.15) is 5.60 Å². The number of hydrogen-bond donors (Lipinski definition) is 1. The number of benzene rings is 2. The van der Waals surface area contributed by atoms with Gasteiger partial charge in [0, 0.05) is 18.1 Å². The molecule has 0 saturated carbocycles. The van der Waals surface area contributed by atoms with Crippen LogP contribution in [0.25, 0.3) is 0 Å². The quantitative estimate of drug-likeness (QED) is 0.410. The molecule has 6 heteroatoms. The van der Waals surface area contributed by atoms with E-state index in [4.69, 9.17) is 9.47 Å². The predicted octanol–water partition coefficient (Wildman–Crippen LogP) is 4.61. The normalized spacial score (nSPS) is 10.8. The minimum atomic E-state index is -0.611. The average Bonchev–Trinajstić information content (AvgIpc) is 2.67. The van der Waals surface area contributed by atoms with Crippen LogP contribution in [0.5, 0.6) is 5.75 Å². The highest BCUT2D eigenvalue weighted by Gasteiger charge is 2.17. The summed E-state index contributed by atoms with van der Waals surface area (Å²) in [5.74, 6) is -1.00. The van der Waals surface area contributed by atoms with Crippen molar-refractivity contribution in [1.29, 1.82) is 0 Å². The molecule has 0 aromatic heterocycles. The minimum Gasteiger partial charge on any atom is -0.460 e. The Kier molecular flexibility index (Phi) is 7.53. The number of esters is 2. The Balaban J connectivity index is 2.12. The van der Waals surface area contributed by atoms with Gasteiger partial charge in [-0.15, -0.1) is 0 Å². The molecule has 1 N–H and O–H groups in total. The van der Waals surface area contributed by atoms with Crippen molar-refractivity contribution in [3.8, 4) is 5.75 Å². The van der Waals surface area contributed by atoms with Crippen LogP contribution in [-0.4, -0.2) is 23.4 Å². The molecule has 0 fully saturated rings. The fraction of sp³-hybridized carbons (Fsp3) is 0.292. The van der Waals surface area contributed by atoms with E-state index in [1.54, 1.807) is 43.3 Å². The Morgan fingerprint density at radius 3 is 2.47 bits per heavy atom. The van der Waals surface area contributed by atoms with Crippen molar-refractivity contribution in [2.75, 3.05) is 5.32 Å². The number of hydrogen-bond acceptors (Lipinski definition) is 5. The topological polar surface area (TPSA) is 81.7 Å². The van der Waals surface area contributed by atoms with Crippen LogP contribution in [0.3, 0.4) is 0 Å². The van der Waals surface area contributed by atoms with Crippen molar-refractivity contribution in [1.82, 2.24) is 0 Å². The number of carbonyl (C=O) groups excluding carboxylic acids is 3. The lowest BCUT2D eigenvalue weighted by atomic mass is 10.1. The van der Waals surface area contributed by atoms with Gasteiger partial charge in [-0.25, -0.2) is 4.79 Å². The van der Waals surface area contributed by atoms with Gasteiger partial charge < -0.3 is 14.8 Å². The van der Waals surface area contributed by atoms with Gasteiger partial charge in [-0.05, 0) is 63.4 Å². The van der Waals surface area contributed by atoms with Gasteiger partial charge in [0.15, 0.2) is 5.75 Å². The van der Waals surface area contributed by atoms with Crippen molar-refractivity contribution in [3.05, 3.63) is 71.8 Å². The number of anilines is 1. The van der Waals surface area contributed by atoms with Crippen molar-refractivity contribution >= 4 is 23.5 Å². The molecular weight excluding hydrogens is 382 g/mol. The molecule has 0 saturated heterocycles. The zero-order valence-electron chi connectivity index (χ0n) is 17.8. The van der Waals surface area contributed by atoms with E-state index < -0.39 is 11.6 Å². The Labute approximate surface area is 176 Å². The Hall–Kier alpha value is -3.41. The van der Waals surface area contributed by atoms with Crippen LogP contribution in [0.4, 0.5) is 5.69 Å². The molecule has 30 heavy (non-hydrogen) atoms. The summed E-state index contributed by atoms with van der Waals surface area (Å²) in [4.78, 5) is 36.3. The predicted molar refractivity (Wildman–Crippen MR) is 116 cm³/mol. The van der Waals surface area contributed by atoms with Crippen LogP contribution < -0.4 is 10.1 Å². The van der Waals surface area contributed by atoms with Gasteiger partial charge in [0.05, 0.1) is 5.69 Å². The second kappa shape index (κ2) is 9.87. The summed E-state index contributed by atoms with van der Waals surface area (Å²) >= 11 is 0. The maximum Gasteiger partial charge on any atom is 0.335 e. The Bertz CT molecular complexity index is 956. The SMILES string of the molecule is C=CC(=O)Oc1cccc(C)c1NC(=O)c1cccc(CCC(=O)OC(C)(C)C)c1. The zero-order chi connectivity index (χ0) is 22.3. The van der Waals surface area contributed by atoms with E-state index in [2.05, 4.69) is 11.9 Å². The van der Waals surface area contributed by atoms with E-state index in [-0.39, 0.29) is 24.0 Å². The van der Waals surface area contributed by atoms with Gasteiger partial charge in [-0.1, -0.05) is 30.8 Å². The molecule has 2 rings (SSSR count). The van der Waals surface area contributed by atoms with Crippen LogP contribution in [0.2, 0.25) is 0 Å². The summed E-state index contributed by atoms with van der Waals surface area (Å²) in [6.45, 7) is 10.6. The first-order valence-electron chi connectivity index (χ1n) is 9.65. The van der Waals surface area contributed by atoms with Crippen LogP contribution in [-0.2, 0) is 20.7 Å². The third-order valence-corrected chi connectivity index (χ3v) is 4.08. The second-order valence-electron chi connectivity index (χ2n) is 7.81. The van der Waals surface area contributed by atoms with Crippen molar-refractivity contribution in [2.45, 2.75) is 46.1 Å². The lowest BCUT2D eigenvalue weighted by Crippen LogP contribution is -2.24. The number of nitrogens with one attached hydrogen (secondary N) is 1. The average molecular weight is 409 g/mol. The zero-order valence-corrected chi connectivity index (χ0v) is 17.8. The molecule has 0 heterocycles. The third kappa shape index (κ3) is 6.88. The number of ether oxygens (including phenoxy) is 2. The van der Waals surface area contributed by atoms with E-state index in [9.17, 15) is 14.4 Å². The number of carbonyl (C=O) groups is 3. The molecule has 0 aliphatic heterocycles. The summed E-state index contributed by atoms with van der Waals surface area (Å²) in [5, 5.41) is 2.81. The fourth-order valence-corrected chi connectivity index (χ4v) is 2.73. The van der Waals surface area contributed by atoms with Crippen molar-refractivity contribution in [2.24, 2.45) is 0 Å². The smallest absolute Gasteiger partial charge is 0.335 e. The molecule has 0 spiro atoms. The molecule has 158 valence electrons. The highest BCUT2D eigenvalue weighted by Crippen LogP contribution is 2.29. The van der Waals surface area contributed by atoms with Gasteiger partial charge in [-0.3, -0.25) is 9.59 Å². The molecule has 2 aromatic carbocycles.